The van der Waals surface area contributed by atoms with Crippen LogP contribution in [0, 0.1) is 6.92 Å². The number of nitrogens with zero attached hydrogens (tertiary/aromatic N) is 1. The lowest BCUT2D eigenvalue weighted by Gasteiger charge is -2.05. The molecule has 66 valence electrons. The first-order valence-corrected chi connectivity index (χ1v) is 4.78. The predicted molar refractivity (Wildman–Crippen MR) is 58.6 cm³/mol. The van der Waals surface area contributed by atoms with Crippen LogP contribution in [-0.4, -0.2) is 4.98 Å². The Morgan fingerprint density at radius 1 is 1.31 bits per heavy atom. The van der Waals surface area contributed by atoms with E-state index in [9.17, 15) is 0 Å². The zero-order chi connectivity index (χ0) is 9.42. The van der Waals surface area contributed by atoms with Crippen molar-refractivity contribution in [3.05, 3.63) is 34.6 Å². The Bertz CT molecular complexity index is 457. The Kier molecular flexibility index (Phi) is 1.96. The lowest BCUT2D eigenvalue weighted by Crippen LogP contribution is -1.90. The van der Waals surface area contributed by atoms with Crippen LogP contribution in [0.3, 0.4) is 0 Å². The molecule has 1 aromatic heterocycles. The van der Waals surface area contributed by atoms with Crippen LogP contribution < -0.4 is 5.73 Å². The molecule has 0 saturated heterocycles. The van der Waals surface area contributed by atoms with Crippen molar-refractivity contribution in [2.45, 2.75) is 6.92 Å². The quantitative estimate of drug-likeness (QED) is 0.715. The minimum Gasteiger partial charge on any atom is -0.398 e. The van der Waals surface area contributed by atoms with Gasteiger partial charge >= 0.3 is 0 Å². The molecule has 0 atom stereocenters. The number of halogens is 1. The van der Waals surface area contributed by atoms with Crippen molar-refractivity contribution >= 4 is 32.4 Å². The second kappa shape index (κ2) is 3.00. The van der Waals surface area contributed by atoms with Crippen molar-refractivity contribution in [2.24, 2.45) is 0 Å². The summed E-state index contributed by atoms with van der Waals surface area (Å²) in [6, 6.07) is 3.92. The van der Waals surface area contributed by atoms with Gasteiger partial charge in [-0.1, -0.05) is 6.07 Å². The van der Waals surface area contributed by atoms with Gasteiger partial charge in [0.25, 0.3) is 0 Å². The topological polar surface area (TPSA) is 38.9 Å². The lowest BCUT2D eigenvalue weighted by atomic mass is 10.1. The van der Waals surface area contributed by atoms with Gasteiger partial charge in [0.1, 0.15) is 0 Å². The molecule has 13 heavy (non-hydrogen) atoms. The third-order valence-corrected chi connectivity index (χ3v) is 2.72. The number of aryl methyl sites for hydroxylation is 1. The lowest BCUT2D eigenvalue weighted by molar-refractivity contribution is 1.34. The molecule has 2 rings (SSSR count). The zero-order valence-electron chi connectivity index (χ0n) is 7.21. The normalized spacial score (nSPS) is 10.6. The highest BCUT2D eigenvalue weighted by Crippen LogP contribution is 2.29. The second-order valence-electron chi connectivity index (χ2n) is 3.02. The van der Waals surface area contributed by atoms with Gasteiger partial charge in [0, 0.05) is 33.3 Å². The molecule has 1 aromatic carbocycles. The van der Waals surface area contributed by atoms with Crippen LogP contribution >= 0.6 is 15.9 Å². The van der Waals surface area contributed by atoms with Crippen LogP contribution in [0.4, 0.5) is 5.69 Å². The van der Waals surface area contributed by atoms with Crippen LogP contribution in [0.1, 0.15) is 5.56 Å². The summed E-state index contributed by atoms with van der Waals surface area (Å²) in [5.41, 5.74) is 7.81. The fraction of sp³-hybridized carbons (Fsp3) is 0.100. The number of hydrogen-bond acceptors (Lipinski definition) is 2. The summed E-state index contributed by atoms with van der Waals surface area (Å²) in [7, 11) is 0. The van der Waals surface area contributed by atoms with E-state index >= 15 is 0 Å². The van der Waals surface area contributed by atoms with Gasteiger partial charge in [-0.3, -0.25) is 4.98 Å². The standard InChI is InChI=1S/C10H9BrN2/c1-6-2-3-9(12)7-4-13-5-8(11)10(6)7/h2-5H,12H2,1H3. The number of rotatable bonds is 0. The summed E-state index contributed by atoms with van der Waals surface area (Å²) in [5, 5.41) is 2.16. The number of anilines is 1. The highest BCUT2D eigenvalue weighted by atomic mass is 79.9. The molecule has 1 heterocycles. The van der Waals surface area contributed by atoms with Gasteiger partial charge in [-0.15, -0.1) is 0 Å². The largest absolute Gasteiger partial charge is 0.398 e. The van der Waals surface area contributed by atoms with E-state index in [-0.39, 0.29) is 0 Å². The fourth-order valence-corrected chi connectivity index (χ4v) is 2.09. The van der Waals surface area contributed by atoms with Gasteiger partial charge in [0.05, 0.1) is 0 Å². The molecule has 2 nitrogen and oxygen atoms in total. The molecule has 0 unspecified atom stereocenters. The number of nitrogens with two attached hydrogens (primary N) is 1. The van der Waals surface area contributed by atoms with E-state index < -0.39 is 0 Å². The number of nitrogen functional groups attached to an aromatic ring is 1. The van der Waals surface area contributed by atoms with E-state index in [0.29, 0.717) is 0 Å². The van der Waals surface area contributed by atoms with Crippen LogP contribution in [-0.2, 0) is 0 Å². The molecule has 0 fully saturated rings. The van der Waals surface area contributed by atoms with Crippen molar-refractivity contribution in [3.63, 3.8) is 0 Å². The van der Waals surface area contributed by atoms with Crippen molar-refractivity contribution in [2.75, 3.05) is 5.73 Å². The Morgan fingerprint density at radius 3 is 2.77 bits per heavy atom. The van der Waals surface area contributed by atoms with Crippen molar-refractivity contribution < 1.29 is 0 Å². The minimum atomic E-state index is 0.773. The van der Waals surface area contributed by atoms with Gasteiger partial charge in [-0.2, -0.15) is 0 Å². The zero-order valence-corrected chi connectivity index (χ0v) is 8.80. The first kappa shape index (κ1) is 8.51. The van der Waals surface area contributed by atoms with Gasteiger partial charge < -0.3 is 5.73 Å². The van der Waals surface area contributed by atoms with E-state index in [4.69, 9.17) is 5.73 Å². The third-order valence-electron chi connectivity index (χ3n) is 2.12. The van der Waals surface area contributed by atoms with E-state index in [2.05, 4.69) is 27.8 Å². The average Bonchev–Trinajstić information content (AvgIpc) is 2.12. The Morgan fingerprint density at radius 2 is 2.08 bits per heavy atom. The molecule has 0 bridgehead atoms. The van der Waals surface area contributed by atoms with Crippen molar-refractivity contribution in [1.29, 1.82) is 0 Å². The number of fused-ring (bicyclic) bond motifs is 1. The van der Waals surface area contributed by atoms with Crippen molar-refractivity contribution in [1.82, 2.24) is 4.98 Å². The van der Waals surface area contributed by atoms with Gasteiger partial charge in [0.15, 0.2) is 0 Å². The van der Waals surface area contributed by atoms with E-state index in [1.165, 1.54) is 5.56 Å². The predicted octanol–water partition coefficient (Wildman–Crippen LogP) is 2.89. The summed E-state index contributed by atoms with van der Waals surface area (Å²) < 4.78 is 0.995. The second-order valence-corrected chi connectivity index (χ2v) is 3.87. The highest BCUT2D eigenvalue weighted by Gasteiger charge is 2.04. The average molecular weight is 237 g/mol. The summed E-state index contributed by atoms with van der Waals surface area (Å²) in [6.45, 7) is 2.06. The Balaban J connectivity index is 3.00. The first-order chi connectivity index (χ1) is 6.20. The summed E-state index contributed by atoms with van der Waals surface area (Å²) in [5.74, 6) is 0. The maximum absolute atomic E-state index is 5.83. The van der Waals surface area contributed by atoms with Crippen LogP contribution in [0.2, 0.25) is 0 Å². The maximum Gasteiger partial charge on any atom is 0.0440 e. The van der Waals surface area contributed by atoms with Crippen LogP contribution in [0.5, 0.6) is 0 Å². The Labute approximate surface area is 84.9 Å². The van der Waals surface area contributed by atoms with E-state index in [1.807, 2.05) is 12.1 Å². The number of hydrogen-bond donors (Lipinski definition) is 1. The molecule has 0 aliphatic rings. The molecule has 0 aliphatic carbocycles. The van der Waals surface area contributed by atoms with Gasteiger partial charge in [-0.05, 0) is 34.5 Å². The number of benzene rings is 1. The molecule has 3 heteroatoms. The molecule has 2 N–H and O–H groups in total. The monoisotopic (exact) mass is 236 g/mol. The van der Waals surface area contributed by atoms with Crippen LogP contribution in [0.15, 0.2) is 29.0 Å². The molecule has 0 aliphatic heterocycles. The molecule has 0 saturated carbocycles. The summed E-state index contributed by atoms with van der Waals surface area (Å²) in [6.07, 6.45) is 3.58. The fourth-order valence-electron chi connectivity index (χ4n) is 1.44. The van der Waals surface area contributed by atoms with Gasteiger partial charge in [0.2, 0.25) is 0 Å². The van der Waals surface area contributed by atoms with E-state index in [1.54, 1.807) is 12.4 Å². The molecule has 0 spiro atoms. The SMILES string of the molecule is Cc1ccc(N)c2cncc(Br)c12. The van der Waals surface area contributed by atoms with Gasteiger partial charge in [-0.25, -0.2) is 0 Å². The number of pyridine rings is 1. The third kappa shape index (κ3) is 1.29. The maximum atomic E-state index is 5.83. The molecule has 0 amide bonds. The summed E-state index contributed by atoms with van der Waals surface area (Å²) >= 11 is 3.46. The minimum absolute atomic E-state index is 0.773. The molecule has 0 radical (unpaired) electrons. The Hall–Kier alpha value is -1.09. The first-order valence-electron chi connectivity index (χ1n) is 3.98. The number of aromatic nitrogens is 1. The summed E-state index contributed by atoms with van der Waals surface area (Å²) in [4.78, 5) is 4.09. The smallest absolute Gasteiger partial charge is 0.0440 e. The molecular weight excluding hydrogens is 228 g/mol. The highest BCUT2D eigenvalue weighted by molar-refractivity contribution is 9.10. The van der Waals surface area contributed by atoms with E-state index in [0.717, 1.165) is 20.9 Å². The molecular formula is C10H9BrN2. The van der Waals surface area contributed by atoms with Crippen LogP contribution in [0.25, 0.3) is 10.8 Å². The van der Waals surface area contributed by atoms with Crippen molar-refractivity contribution in [3.8, 4) is 0 Å². The molecule has 2 aromatic rings.